The molecule has 1 aromatic rings. The summed E-state index contributed by atoms with van der Waals surface area (Å²) in [5.74, 6) is -0.564. The van der Waals surface area contributed by atoms with E-state index in [1.54, 1.807) is 36.4 Å². The first kappa shape index (κ1) is 15.2. The highest BCUT2D eigenvalue weighted by molar-refractivity contribution is 5.95. The van der Waals surface area contributed by atoms with E-state index in [9.17, 15) is 9.90 Å². The van der Waals surface area contributed by atoms with Crippen LogP contribution < -0.4 is 16.5 Å². The number of carboxylic acids is 1. The molecule has 0 saturated heterocycles. The van der Waals surface area contributed by atoms with Gasteiger partial charge in [0.25, 0.3) is 0 Å². The molecular formula is C20H17N2O3+. The van der Waals surface area contributed by atoms with Crippen molar-refractivity contribution in [3.8, 4) is 11.3 Å². The molecule has 2 aliphatic carbocycles. The third-order valence-corrected chi connectivity index (χ3v) is 4.57. The standard InChI is InChI=1S/C20H16N2O3/c21-11-5-7-15-17(9-11)25-18-10-12(22)6-8-16(18)19(15)13-3-1-2-4-14(13)20(23)24/h1-2,4-10,13,21H,3,22H2,(H,23,24)/p+1. The summed E-state index contributed by atoms with van der Waals surface area (Å²) in [6.45, 7) is 0. The molecule has 1 heterocycles. The number of anilines is 1. The van der Waals surface area contributed by atoms with Crippen molar-refractivity contribution in [2.75, 3.05) is 5.73 Å². The van der Waals surface area contributed by atoms with Crippen molar-refractivity contribution in [1.29, 1.82) is 0 Å². The lowest BCUT2D eigenvalue weighted by atomic mass is 9.80. The Morgan fingerprint density at radius 3 is 2.88 bits per heavy atom. The number of carboxylic acid groups (broad SMARTS) is 1. The average molecular weight is 333 g/mol. The van der Waals surface area contributed by atoms with E-state index in [-0.39, 0.29) is 5.92 Å². The van der Waals surface area contributed by atoms with Gasteiger partial charge in [0.05, 0.1) is 6.07 Å². The van der Waals surface area contributed by atoms with E-state index in [1.165, 1.54) is 0 Å². The van der Waals surface area contributed by atoms with Crippen LogP contribution in [-0.4, -0.2) is 11.1 Å². The molecule has 0 saturated carbocycles. The van der Waals surface area contributed by atoms with Crippen molar-refractivity contribution >= 4 is 22.6 Å². The van der Waals surface area contributed by atoms with Crippen LogP contribution in [0.25, 0.3) is 22.3 Å². The molecule has 0 fully saturated rings. The molecule has 0 amide bonds. The lowest BCUT2D eigenvalue weighted by molar-refractivity contribution is -0.172. The van der Waals surface area contributed by atoms with Crippen molar-refractivity contribution in [3.05, 3.63) is 71.1 Å². The maximum Gasteiger partial charge on any atom is 0.332 e. The molecule has 1 aromatic carbocycles. The fourth-order valence-corrected chi connectivity index (χ4v) is 3.45. The average Bonchev–Trinajstić information content (AvgIpc) is 2.59. The molecule has 0 aromatic heterocycles. The predicted molar refractivity (Wildman–Crippen MR) is 94.5 cm³/mol. The van der Waals surface area contributed by atoms with Crippen molar-refractivity contribution in [2.45, 2.75) is 12.3 Å². The van der Waals surface area contributed by atoms with Crippen molar-refractivity contribution < 1.29 is 19.7 Å². The molecule has 0 spiro atoms. The maximum atomic E-state index is 11.8. The van der Waals surface area contributed by atoms with Gasteiger partial charge in [-0.1, -0.05) is 18.2 Å². The summed E-state index contributed by atoms with van der Waals surface area (Å²) in [5.41, 5.74) is 9.26. The van der Waals surface area contributed by atoms with Crippen LogP contribution in [-0.2, 0) is 4.79 Å². The number of hydrogen-bond donors (Lipinski definition) is 3. The Bertz CT molecular complexity index is 1090. The fraction of sp³-hybridized carbons (Fsp3) is 0.100. The third-order valence-electron chi connectivity index (χ3n) is 4.57. The number of aliphatic carboxylic acids is 1. The summed E-state index contributed by atoms with van der Waals surface area (Å²) in [5, 5.41) is 17.0. The van der Waals surface area contributed by atoms with Crippen LogP contribution >= 0.6 is 0 Å². The summed E-state index contributed by atoms with van der Waals surface area (Å²) in [7, 11) is 0. The number of nitrogen functional groups attached to an aromatic ring is 1. The normalized spacial score (nSPS) is 17.0. The van der Waals surface area contributed by atoms with Gasteiger partial charge in [-0.05, 0) is 30.2 Å². The lowest BCUT2D eigenvalue weighted by Crippen LogP contribution is -2.44. The highest BCUT2D eigenvalue weighted by atomic mass is 16.4. The minimum Gasteiger partial charge on any atom is -0.478 e. The van der Waals surface area contributed by atoms with Crippen LogP contribution in [0.5, 0.6) is 0 Å². The molecule has 0 radical (unpaired) electrons. The highest BCUT2D eigenvalue weighted by Gasteiger charge is 2.29. The van der Waals surface area contributed by atoms with E-state index < -0.39 is 5.97 Å². The van der Waals surface area contributed by atoms with Gasteiger partial charge in [0.1, 0.15) is 11.3 Å². The second kappa shape index (κ2) is 5.63. The Balaban J connectivity index is 2.10. The Labute approximate surface area is 143 Å². The molecule has 4 rings (SSSR count). The first-order valence-corrected chi connectivity index (χ1v) is 7.99. The molecule has 25 heavy (non-hydrogen) atoms. The quantitative estimate of drug-likeness (QED) is 0.492. The molecular weight excluding hydrogens is 316 g/mol. The van der Waals surface area contributed by atoms with Gasteiger partial charge in [-0.2, -0.15) is 0 Å². The summed E-state index contributed by atoms with van der Waals surface area (Å²) in [6, 6.07) is 10.9. The number of fused-ring (bicyclic) bond motifs is 2. The maximum absolute atomic E-state index is 11.8. The van der Waals surface area contributed by atoms with E-state index in [0.717, 1.165) is 16.5 Å². The highest BCUT2D eigenvalue weighted by Crippen LogP contribution is 2.43. The van der Waals surface area contributed by atoms with Gasteiger partial charge in [-0.25, -0.2) is 4.79 Å². The summed E-state index contributed by atoms with van der Waals surface area (Å²) >= 11 is 0. The minimum atomic E-state index is -0.915. The number of hydrogen-bond acceptors (Lipinski definition) is 3. The van der Waals surface area contributed by atoms with E-state index in [1.807, 2.05) is 18.2 Å². The number of carbonyl (C=O) groups is 1. The van der Waals surface area contributed by atoms with Gasteiger partial charge in [0.2, 0.25) is 0 Å². The van der Waals surface area contributed by atoms with Gasteiger partial charge in [-0.15, -0.1) is 0 Å². The zero-order valence-electron chi connectivity index (χ0n) is 13.4. The number of benzene rings is 2. The molecule has 3 aliphatic rings. The molecule has 124 valence electrons. The molecule has 5 N–H and O–H groups in total. The van der Waals surface area contributed by atoms with Crippen LogP contribution in [0.1, 0.15) is 17.9 Å². The third kappa shape index (κ3) is 2.50. The Hall–Kier alpha value is -3.34. The molecule has 5 heteroatoms. The van der Waals surface area contributed by atoms with Crippen LogP contribution in [0.3, 0.4) is 0 Å². The molecule has 1 aliphatic heterocycles. The van der Waals surface area contributed by atoms with Crippen LogP contribution in [0.4, 0.5) is 5.69 Å². The van der Waals surface area contributed by atoms with E-state index >= 15 is 0 Å². The van der Waals surface area contributed by atoms with Gasteiger partial charge >= 0.3 is 5.97 Å². The topological polar surface area (TPSA) is 102 Å². The Morgan fingerprint density at radius 1 is 1.24 bits per heavy atom. The first-order chi connectivity index (χ1) is 12.0. The second-order valence-corrected chi connectivity index (χ2v) is 6.17. The largest absolute Gasteiger partial charge is 0.478 e. The number of rotatable bonds is 2. The van der Waals surface area contributed by atoms with Crippen LogP contribution in [0, 0.1) is 0 Å². The molecule has 1 atom stereocenters. The second-order valence-electron chi connectivity index (χ2n) is 6.17. The van der Waals surface area contributed by atoms with Gasteiger partial charge < -0.3 is 15.3 Å². The Morgan fingerprint density at radius 2 is 2.08 bits per heavy atom. The fourth-order valence-electron chi connectivity index (χ4n) is 3.45. The molecule has 0 bridgehead atoms. The van der Waals surface area contributed by atoms with Crippen LogP contribution in [0.2, 0.25) is 0 Å². The van der Waals surface area contributed by atoms with Crippen molar-refractivity contribution in [2.24, 2.45) is 0 Å². The summed E-state index contributed by atoms with van der Waals surface area (Å²) < 4.78 is 5.99. The van der Waals surface area contributed by atoms with Gasteiger partial charge in [0.15, 0.2) is 5.36 Å². The van der Waals surface area contributed by atoms with Crippen molar-refractivity contribution in [3.63, 3.8) is 0 Å². The summed E-state index contributed by atoms with van der Waals surface area (Å²) in [4.78, 5) is 11.8. The number of nitrogens with two attached hydrogens (primary N) is 2. The van der Waals surface area contributed by atoms with E-state index in [0.29, 0.717) is 34.4 Å². The Kier molecular flexibility index (Phi) is 3.42. The lowest BCUT2D eigenvalue weighted by Gasteiger charge is -2.24. The molecule has 1 unspecified atom stereocenters. The van der Waals surface area contributed by atoms with E-state index in [2.05, 4.69) is 0 Å². The minimum absolute atomic E-state index is 0.267. The number of allylic oxidation sites excluding steroid dienone is 3. The summed E-state index contributed by atoms with van der Waals surface area (Å²) in [6.07, 6.45) is 6.04. The smallest absolute Gasteiger partial charge is 0.332 e. The van der Waals surface area contributed by atoms with Crippen molar-refractivity contribution in [1.82, 2.24) is 0 Å². The first-order valence-electron chi connectivity index (χ1n) is 7.99. The van der Waals surface area contributed by atoms with Gasteiger partial charge in [-0.3, -0.25) is 5.41 Å². The van der Waals surface area contributed by atoms with E-state index in [4.69, 9.17) is 15.6 Å². The zero-order chi connectivity index (χ0) is 17.6. The van der Waals surface area contributed by atoms with Crippen LogP contribution in [0.15, 0.2) is 64.6 Å². The van der Waals surface area contributed by atoms with Gasteiger partial charge in [0, 0.05) is 40.3 Å². The monoisotopic (exact) mass is 333 g/mol. The zero-order valence-corrected chi connectivity index (χ0v) is 13.4. The molecule has 5 nitrogen and oxygen atoms in total. The SMILES string of the molecule is Nc1ccc2c(C3CC=CC=C3C(=O)O)c3ccc(=[NH2+])cc-3oc2c1. The predicted octanol–water partition coefficient (Wildman–Crippen LogP) is 1.83.